The number of hydrogen-bond donors (Lipinski definition) is 1. The van der Waals surface area contributed by atoms with Gasteiger partial charge in [-0.3, -0.25) is 14.8 Å². The Morgan fingerprint density at radius 1 is 1.00 bits per heavy atom. The lowest BCUT2D eigenvalue weighted by Crippen LogP contribution is -2.16. The van der Waals surface area contributed by atoms with Gasteiger partial charge in [-0.15, -0.1) is 0 Å². The summed E-state index contributed by atoms with van der Waals surface area (Å²) in [5.74, 6) is -0.359. The van der Waals surface area contributed by atoms with Crippen LogP contribution in [0.5, 0.6) is 0 Å². The van der Waals surface area contributed by atoms with E-state index in [4.69, 9.17) is 0 Å². The number of nitro groups is 1. The largest absolute Gasteiger partial charge is 0.289 e. The summed E-state index contributed by atoms with van der Waals surface area (Å²) in [5.41, 5.74) is -0.256. The number of nitrogens with zero attached hydrogens (tertiary/aromatic N) is 1. The summed E-state index contributed by atoms with van der Waals surface area (Å²) in [4.78, 5) is 9.72. The van der Waals surface area contributed by atoms with Crippen molar-refractivity contribution in [2.24, 2.45) is 0 Å². The van der Waals surface area contributed by atoms with Crippen LogP contribution in [0.25, 0.3) is 0 Å². The molecule has 0 atom stereocenters. The predicted molar refractivity (Wildman–Crippen MR) is 88.9 cm³/mol. The second-order valence-electron chi connectivity index (χ2n) is 5.06. The van der Waals surface area contributed by atoms with E-state index >= 15 is 0 Å². The molecule has 0 unspecified atom stereocenters. The molecule has 0 aliphatic carbocycles. The van der Waals surface area contributed by atoms with Gasteiger partial charge in [0, 0.05) is 12.3 Å². The molecule has 0 spiro atoms. The van der Waals surface area contributed by atoms with Gasteiger partial charge in [0.2, 0.25) is 0 Å². The lowest BCUT2D eigenvalue weighted by Gasteiger charge is -2.12. The minimum Gasteiger partial charge on any atom is -0.279 e. The van der Waals surface area contributed by atoms with Crippen LogP contribution in [0.4, 0.5) is 11.4 Å². The van der Waals surface area contributed by atoms with Gasteiger partial charge in [0.25, 0.3) is 15.7 Å². The second kappa shape index (κ2) is 6.57. The highest BCUT2D eigenvalue weighted by atomic mass is 32.2. The smallest absolute Gasteiger partial charge is 0.279 e. The minimum absolute atomic E-state index is 0.0566. The van der Waals surface area contributed by atoms with Gasteiger partial charge in [-0.1, -0.05) is 30.3 Å². The SMILES string of the molecule is CS(=O)(=O)Cc1ccccc1NS(=O)(=O)c1ccccc1[N+](=O)[O-]. The number of rotatable bonds is 6. The summed E-state index contributed by atoms with van der Waals surface area (Å²) in [7, 11) is -7.64. The molecule has 0 radical (unpaired) electrons. The van der Waals surface area contributed by atoms with Gasteiger partial charge in [-0.05, 0) is 17.7 Å². The monoisotopic (exact) mass is 370 g/mol. The maximum absolute atomic E-state index is 12.5. The summed E-state index contributed by atoms with van der Waals surface area (Å²) in [6.45, 7) is 0. The Balaban J connectivity index is 2.47. The number of anilines is 1. The highest BCUT2D eigenvalue weighted by molar-refractivity contribution is 7.93. The van der Waals surface area contributed by atoms with Crippen LogP contribution in [0.3, 0.4) is 0 Å². The Hall–Kier alpha value is -2.46. The minimum atomic E-state index is -4.25. The number of para-hydroxylation sites is 2. The number of hydrogen-bond acceptors (Lipinski definition) is 6. The van der Waals surface area contributed by atoms with Crippen molar-refractivity contribution in [2.75, 3.05) is 11.0 Å². The van der Waals surface area contributed by atoms with Gasteiger partial charge in [-0.25, -0.2) is 16.8 Å². The summed E-state index contributed by atoms with van der Waals surface area (Å²) in [6.07, 6.45) is 1.03. The van der Waals surface area contributed by atoms with Gasteiger partial charge < -0.3 is 0 Å². The molecular weight excluding hydrogens is 356 g/mol. The topological polar surface area (TPSA) is 123 Å². The first-order valence-corrected chi connectivity index (χ1v) is 10.2. The third kappa shape index (κ3) is 4.30. The second-order valence-corrected chi connectivity index (χ2v) is 8.85. The Labute approximate surface area is 139 Å². The molecule has 0 aliphatic heterocycles. The van der Waals surface area contributed by atoms with Crippen LogP contribution in [0, 0.1) is 10.1 Å². The molecule has 0 heterocycles. The number of benzene rings is 2. The Morgan fingerprint density at radius 3 is 2.21 bits per heavy atom. The van der Waals surface area contributed by atoms with Gasteiger partial charge >= 0.3 is 0 Å². The van der Waals surface area contributed by atoms with E-state index in [0.29, 0.717) is 0 Å². The van der Waals surface area contributed by atoms with Crippen molar-refractivity contribution in [1.82, 2.24) is 0 Å². The zero-order valence-electron chi connectivity index (χ0n) is 12.5. The van der Waals surface area contributed by atoms with E-state index in [0.717, 1.165) is 18.4 Å². The molecule has 0 bridgehead atoms. The summed E-state index contributed by atoms with van der Waals surface area (Å²) in [6, 6.07) is 10.9. The highest BCUT2D eigenvalue weighted by Gasteiger charge is 2.26. The maximum atomic E-state index is 12.5. The first-order chi connectivity index (χ1) is 11.1. The fraction of sp³-hybridized carbons (Fsp3) is 0.143. The van der Waals surface area contributed by atoms with E-state index in [1.54, 1.807) is 6.07 Å². The Morgan fingerprint density at radius 2 is 1.58 bits per heavy atom. The van der Waals surface area contributed by atoms with Crippen LogP contribution in [-0.2, 0) is 25.6 Å². The third-order valence-corrected chi connectivity index (χ3v) is 5.28. The van der Waals surface area contributed by atoms with Crippen molar-refractivity contribution in [3.8, 4) is 0 Å². The summed E-state index contributed by atoms with van der Waals surface area (Å²) >= 11 is 0. The van der Waals surface area contributed by atoms with E-state index < -0.39 is 35.4 Å². The van der Waals surface area contributed by atoms with E-state index in [9.17, 15) is 26.9 Å². The molecule has 0 aromatic heterocycles. The average Bonchev–Trinajstić information content (AvgIpc) is 2.47. The summed E-state index contributed by atoms with van der Waals surface area (Å²) < 4.78 is 50.1. The molecule has 8 nitrogen and oxygen atoms in total. The zero-order valence-corrected chi connectivity index (χ0v) is 14.2. The van der Waals surface area contributed by atoms with Crippen LogP contribution in [0.15, 0.2) is 53.4 Å². The van der Waals surface area contributed by atoms with Crippen LogP contribution < -0.4 is 4.72 Å². The highest BCUT2D eigenvalue weighted by Crippen LogP contribution is 2.27. The Bertz CT molecular complexity index is 984. The molecule has 24 heavy (non-hydrogen) atoms. The van der Waals surface area contributed by atoms with Crippen molar-refractivity contribution in [2.45, 2.75) is 10.6 Å². The maximum Gasteiger partial charge on any atom is 0.289 e. The average molecular weight is 370 g/mol. The summed E-state index contributed by atoms with van der Waals surface area (Å²) in [5, 5.41) is 11.0. The normalized spacial score (nSPS) is 11.9. The van der Waals surface area contributed by atoms with Crippen LogP contribution in [-0.4, -0.2) is 28.0 Å². The van der Waals surface area contributed by atoms with Crippen LogP contribution in [0.1, 0.15) is 5.56 Å². The van der Waals surface area contributed by atoms with Crippen LogP contribution >= 0.6 is 0 Å². The number of sulfonamides is 1. The Kier molecular flexibility index (Phi) is 4.90. The molecule has 1 N–H and O–H groups in total. The predicted octanol–water partition coefficient (Wildman–Crippen LogP) is 1.94. The first-order valence-electron chi connectivity index (χ1n) is 6.62. The van der Waals surface area contributed by atoms with Crippen molar-refractivity contribution >= 4 is 31.2 Å². The molecule has 0 amide bonds. The van der Waals surface area contributed by atoms with Crippen molar-refractivity contribution in [1.29, 1.82) is 0 Å². The van der Waals surface area contributed by atoms with E-state index in [2.05, 4.69) is 4.72 Å². The molecule has 128 valence electrons. The van der Waals surface area contributed by atoms with Crippen molar-refractivity contribution in [3.63, 3.8) is 0 Å². The molecule has 2 aromatic carbocycles. The lowest BCUT2D eigenvalue weighted by atomic mass is 10.2. The molecule has 2 rings (SSSR count). The molecule has 0 fully saturated rings. The van der Waals surface area contributed by atoms with Crippen LogP contribution in [0.2, 0.25) is 0 Å². The fourth-order valence-electron chi connectivity index (χ4n) is 2.06. The van der Waals surface area contributed by atoms with E-state index in [1.807, 2.05) is 0 Å². The van der Waals surface area contributed by atoms with Crippen molar-refractivity contribution in [3.05, 3.63) is 64.2 Å². The van der Waals surface area contributed by atoms with Crippen molar-refractivity contribution < 1.29 is 21.8 Å². The van der Waals surface area contributed by atoms with E-state index in [1.165, 1.54) is 30.3 Å². The molecule has 0 saturated heterocycles. The lowest BCUT2D eigenvalue weighted by molar-refractivity contribution is -0.387. The van der Waals surface area contributed by atoms with E-state index in [-0.39, 0.29) is 17.0 Å². The molecule has 0 saturated carbocycles. The molecule has 0 aliphatic rings. The molecular formula is C14H14N2O6S2. The van der Waals surface area contributed by atoms with Gasteiger partial charge in [0.05, 0.1) is 16.4 Å². The van der Waals surface area contributed by atoms with Gasteiger partial charge in [-0.2, -0.15) is 0 Å². The van der Waals surface area contributed by atoms with Gasteiger partial charge in [0.1, 0.15) is 0 Å². The molecule has 10 heteroatoms. The quantitative estimate of drug-likeness (QED) is 0.612. The van der Waals surface area contributed by atoms with Gasteiger partial charge in [0.15, 0.2) is 14.7 Å². The number of nitrogens with one attached hydrogen (secondary N) is 1. The fourth-order valence-corrected chi connectivity index (χ4v) is 4.15. The number of nitro benzene ring substituents is 1. The number of sulfone groups is 1. The third-order valence-electron chi connectivity index (χ3n) is 3.03. The zero-order chi connectivity index (χ0) is 18.0. The standard InChI is InChI=1S/C14H14N2O6S2/c1-23(19,20)10-11-6-2-3-7-12(11)15-24(21,22)14-9-5-4-8-13(14)16(17)18/h2-9,15H,10H2,1H3. The molecule has 2 aromatic rings. The first kappa shape index (κ1) is 17.9.